The number of rotatable bonds is 5. The minimum Gasteiger partial charge on any atom is -0.319 e. The molecule has 0 aromatic heterocycles. The third-order valence-corrected chi connectivity index (χ3v) is 3.23. The lowest BCUT2D eigenvalue weighted by Gasteiger charge is -2.13. The summed E-state index contributed by atoms with van der Waals surface area (Å²) in [6.45, 7) is 6.29. The zero-order chi connectivity index (χ0) is 14.1. The fourth-order valence-corrected chi connectivity index (χ4v) is 1.88. The molecule has 0 saturated heterocycles. The Morgan fingerprint density at radius 3 is 2.33 bits per heavy atom. The van der Waals surface area contributed by atoms with Crippen molar-refractivity contribution >= 4 is 29.0 Å². The van der Waals surface area contributed by atoms with Crippen molar-refractivity contribution < 1.29 is 4.79 Å². The van der Waals surface area contributed by atoms with Gasteiger partial charge in [0.05, 0.1) is 10.0 Å². The van der Waals surface area contributed by atoms with Gasteiger partial charge in [-0.2, -0.15) is 0 Å². The SMILES string of the molecule is CC.CNCC(Cc1ccc(Cl)c(Cl)c1)C(C)=O. The molecule has 1 aromatic rings. The zero-order valence-electron chi connectivity index (χ0n) is 11.4. The Balaban J connectivity index is 0.00000137. The van der Waals surface area contributed by atoms with Crippen LogP contribution < -0.4 is 5.32 Å². The van der Waals surface area contributed by atoms with E-state index in [-0.39, 0.29) is 11.7 Å². The number of Topliss-reactive ketones (excluding diaryl/α,β-unsaturated/α-hetero) is 1. The molecule has 1 N–H and O–H groups in total. The van der Waals surface area contributed by atoms with Gasteiger partial charge in [0.25, 0.3) is 0 Å². The second-order valence-corrected chi connectivity index (χ2v) is 4.63. The second-order valence-electron chi connectivity index (χ2n) is 3.82. The monoisotopic (exact) mass is 289 g/mol. The molecule has 0 aliphatic carbocycles. The summed E-state index contributed by atoms with van der Waals surface area (Å²) in [7, 11) is 1.84. The number of benzene rings is 1. The van der Waals surface area contributed by atoms with E-state index in [0.29, 0.717) is 23.0 Å². The number of carbonyl (C=O) groups is 1. The van der Waals surface area contributed by atoms with Crippen molar-refractivity contribution in [2.45, 2.75) is 27.2 Å². The van der Waals surface area contributed by atoms with Gasteiger partial charge in [0, 0.05) is 12.5 Å². The minimum absolute atomic E-state index is 0.0118. The molecular weight excluding hydrogens is 269 g/mol. The quantitative estimate of drug-likeness (QED) is 0.888. The van der Waals surface area contributed by atoms with Gasteiger partial charge < -0.3 is 5.32 Å². The van der Waals surface area contributed by atoms with E-state index in [4.69, 9.17) is 23.2 Å². The summed E-state index contributed by atoms with van der Waals surface area (Å²) in [6.07, 6.45) is 0.688. The van der Waals surface area contributed by atoms with Crippen LogP contribution in [0.15, 0.2) is 18.2 Å². The predicted molar refractivity (Wildman–Crippen MR) is 79.6 cm³/mol. The van der Waals surface area contributed by atoms with Gasteiger partial charge >= 0.3 is 0 Å². The molecule has 0 heterocycles. The molecule has 1 atom stereocenters. The summed E-state index contributed by atoms with van der Waals surface area (Å²) in [6, 6.07) is 5.48. The second kappa shape index (κ2) is 9.37. The molecule has 0 amide bonds. The van der Waals surface area contributed by atoms with Gasteiger partial charge in [0.2, 0.25) is 0 Å². The van der Waals surface area contributed by atoms with Crippen LogP contribution in [-0.4, -0.2) is 19.4 Å². The lowest BCUT2D eigenvalue weighted by Crippen LogP contribution is -2.26. The van der Waals surface area contributed by atoms with Gasteiger partial charge in [-0.05, 0) is 38.1 Å². The smallest absolute Gasteiger partial charge is 0.134 e. The number of carbonyl (C=O) groups excluding carboxylic acids is 1. The average molecular weight is 290 g/mol. The van der Waals surface area contributed by atoms with Crippen LogP contribution in [0.5, 0.6) is 0 Å². The van der Waals surface area contributed by atoms with E-state index in [1.807, 2.05) is 33.0 Å². The van der Waals surface area contributed by atoms with E-state index in [1.165, 1.54) is 0 Å². The highest BCUT2D eigenvalue weighted by atomic mass is 35.5. The van der Waals surface area contributed by atoms with Crippen molar-refractivity contribution in [3.8, 4) is 0 Å². The van der Waals surface area contributed by atoms with Crippen LogP contribution in [0.1, 0.15) is 26.3 Å². The minimum atomic E-state index is -0.0118. The van der Waals surface area contributed by atoms with Gasteiger partial charge in [0.1, 0.15) is 5.78 Å². The highest BCUT2D eigenvalue weighted by Crippen LogP contribution is 2.23. The first kappa shape index (κ1) is 17.4. The largest absolute Gasteiger partial charge is 0.319 e. The maximum absolute atomic E-state index is 11.4. The van der Waals surface area contributed by atoms with Crippen LogP contribution in [0.25, 0.3) is 0 Å². The third-order valence-electron chi connectivity index (χ3n) is 2.49. The Hall–Kier alpha value is -0.570. The molecule has 0 bridgehead atoms. The lowest BCUT2D eigenvalue weighted by molar-refractivity contribution is -0.120. The Bertz CT molecular complexity index is 380. The van der Waals surface area contributed by atoms with Crippen LogP contribution in [0, 0.1) is 5.92 Å². The highest BCUT2D eigenvalue weighted by molar-refractivity contribution is 6.42. The molecule has 1 unspecified atom stereocenters. The third kappa shape index (κ3) is 5.85. The first-order valence-electron chi connectivity index (χ1n) is 6.13. The van der Waals surface area contributed by atoms with Gasteiger partial charge in [-0.3, -0.25) is 4.79 Å². The van der Waals surface area contributed by atoms with Crippen LogP contribution in [0.4, 0.5) is 0 Å². The summed E-state index contributed by atoms with van der Waals surface area (Å²) in [5, 5.41) is 4.09. The Morgan fingerprint density at radius 2 is 1.89 bits per heavy atom. The Morgan fingerprint density at radius 1 is 1.28 bits per heavy atom. The first-order valence-corrected chi connectivity index (χ1v) is 6.89. The summed E-state index contributed by atoms with van der Waals surface area (Å²) in [5.41, 5.74) is 1.03. The van der Waals surface area contributed by atoms with Gasteiger partial charge in [0.15, 0.2) is 0 Å². The molecule has 0 saturated carbocycles. The zero-order valence-corrected chi connectivity index (χ0v) is 12.9. The summed E-state index contributed by atoms with van der Waals surface area (Å²) in [4.78, 5) is 11.4. The van der Waals surface area contributed by atoms with Gasteiger partial charge in [-0.1, -0.05) is 43.1 Å². The fraction of sp³-hybridized carbons (Fsp3) is 0.500. The molecule has 2 nitrogen and oxygen atoms in total. The molecular formula is C14H21Cl2NO. The summed E-state index contributed by atoms with van der Waals surface area (Å²) >= 11 is 11.8. The Kier molecular flexibility index (Phi) is 9.08. The Labute approximate surface area is 120 Å². The van der Waals surface area contributed by atoms with Crippen molar-refractivity contribution in [1.82, 2.24) is 5.32 Å². The number of nitrogens with one attached hydrogen (secondary N) is 1. The van der Waals surface area contributed by atoms with Gasteiger partial charge in [-0.15, -0.1) is 0 Å². The van der Waals surface area contributed by atoms with Crippen molar-refractivity contribution in [3.05, 3.63) is 33.8 Å². The number of ketones is 1. The number of halogens is 2. The van der Waals surface area contributed by atoms with Crippen molar-refractivity contribution in [2.24, 2.45) is 5.92 Å². The molecule has 4 heteroatoms. The average Bonchev–Trinajstić information content (AvgIpc) is 2.35. The topological polar surface area (TPSA) is 29.1 Å². The molecule has 1 aromatic carbocycles. The van der Waals surface area contributed by atoms with E-state index < -0.39 is 0 Å². The van der Waals surface area contributed by atoms with E-state index in [0.717, 1.165) is 5.56 Å². The lowest BCUT2D eigenvalue weighted by atomic mass is 9.96. The fourth-order valence-electron chi connectivity index (χ4n) is 1.56. The van der Waals surface area contributed by atoms with E-state index in [1.54, 1.807) is 13.0 Å². The first-order chi connectivity index (χ1) is 8.54. The molecule has 0 aliphatic rings. The van der Waals surface area contributed by atoms with Gasteiger partial charge in [-0.25, -0.2) is 0 Å². The van der Waals surface area contributed by atoms with Crippen LogP contribution >= 0.6 is 23.2 Å². The summed E-state index contributed by atoms with van der Waals surface area (Å²) in [5.74, 6) is 0.169. The molecule has 0 radical (unpaired) electrons. The van der Waals surface area contributed by atoms with Crippen LogP contribution in [0.2, 0.25) is 10.0 Å². The molecule has 0 fully saturated rings. The van der Waals surface area contributed by atoms with E-state index in [2.05, 4.69) is 5.32 Å². The molecule has 1 rings (SSSR count). The number of hydrogen-bond acceptors (Lipinski definition) is 2. The highest BCUT2D eigenvalue weighted by Gasteiger charge is 2.14. The molecule has 18 heavy (non-hydrogen) atoms. The molecule has 0 spiro atoms. The van der Waals surface area contributed by atoms with Crippen LogP contribution in [0.3, 0.4) is 0 Å². The van der Waals surface area contributed by atoms with Crippen molar-refractivity contribution in [2.75, 3.05) is 13.6 Å². The molecule has 0 aliphatic heterocycles. The normalized spacial score (nSPS) is 11.4. The number of hydrogen-bond donors (Lipinski definition) is 1. The summed E-state index contributed by atoms with van der Waals surface area (Å²) < 4.78 is 0. The van der Waals surface area contributed by atoms with Crippen molar-refractivity contribution in [1.29, 1.82) is 0 Å². The standard InChI is InChI=1S/C12H15Cl2NO.C2H6/c1-8(16)10(7-15-2)5-9-3-4-11(13)12(14)6-9;1-2/h3-4,6,10,15H,5,7H2,1-2H3;1-2H3. The maximum atomic E-state index is 11.4. The van der Waals surface area contributed by atoms with Crippen molar-refractivity contribution in [3.63, 3.8) is 0 Å². The predicted octanol–water partition coefficient (Wildman–Crippen LogP) is 3.99. The molecule has 102 valence electrons. The van der Waals surface area contributed by atoms with E-state index >= 15 is 0 Å². The van der Waals surface area contributed by atoms with E-state index in [9.17, 15) is 4.79 Å². The maximum Gasteiger partial charge on any atom is 0.134 e. The van der Waals surface area contributed by atoms with Crippen LogP contribution in [-0.2, 0) is 11.2 Å².